The van der Waals surface area contributed by atoms with E-state index in [1.165, 1.54) is 12.3 Å². The maximum absolute atomic E-state index is 13.1. The van der Waals surface area contributed by atoms with Gasteiger partial charge in [0, 0.05) is 19.3 Å². The zero-order chi connectivity index (χ0) is 11.3. The molecule has 1 aromatic heterocycles. The van der Waals surface area contributed by atoms with Crippen LogP contribution in [0.2, 0.25) is 0 Å². The molecule has 0 unspecified atom stereocenters. The Morgan fingerprint density at radius 1 is 1.53 bits per heavy atom. The lowest BCUT2D eigenvalue weighted by atomic mass is 10.4. The SMILES string of the molecule is CCN(CC)C(=O)Nc1ccncc1F. The molecule has 1 aromatic rings. The molecule has 0 aliphatic carbocycles. The van der Waals surface area contributed by atoms with Crippen molar-refractivity contribution in [2.24, 2.45) is 0 Å². The Hall–Kier alpha value is -1.65. The van der Waals surface area contributed by atoms with Gasteiger partial charge >= 0.3 is 6.03 Å². The van der Waals surface area contributed by atoms with Crippen LogP contribution < -0.4 is 5.32 Å². The molecular formula is C10H14FN3O. The second-order valence-corrected chi connectivity index (χ2v) is 2.96. The third-order valence-electron chi connectivity index (χ3n) is 2.06. The van der Waals surface area contributed by atoms with E-state index in [9.17, 15) is 9.18 Å². The van der Waals surface area contributed by atoms with Gasteiger partial charge < -0.3 is 10.2 Å². The molecule has 0 aromatic carbocycles. The molecule has 2 amide bonds. The van der Waals surface area contributed by atoms with Crippen molar-refractivity contribution in [3.8, 4) is 0 Å². The van der Waals surface area contributed by atoms with Crippen molar-refractivity contribution in [3.05, 3.63) is 24.3 Å². The van der Waals surface area contributed by atoms with Gasteiger partial charge in [0.25, 0.3) is 0 Å². The third-order valence-corrected chi connectivity index (χ3v) is 2.06. The van der Waals surface area contributed by atoms with Gasteiger partial charge in [-0.2, -0.15) is 0 Å². The largest absolute Gasteiger partial charge is 0.325 e. The quantitative estimate of drug-likeness (QED) is 0.832. The second kappa shape index (κ2) is 5.29. The number of hydrogen-bond acceptors (Lipinski definition) is 2. The lowest BCUT2D eigenvalue weighted by molar-refractivity contribution is 0.217. The highest BCUT2D eigenvalue weighted by atomic mass is 19.1. The maximum Gasteiger partial charge on any atom is 0.321 e. The van der Waals surface area contributed by atoms with Gasteiger partial charge in [0.05, 0.1) is 11.9 Å². The van der Waals surface area contributed by atoms with Gasteiger partial charge in [-0.3, -0.25) is 4.98 Å². The van der Waals surface area contributed by atoms with Crippen molar-refractivity contribution >= 4 is 11.7 Å². The van der Waals surface area contributed by atoms with Crippen molar-refractivity contribution in [1.82, 2.24) is 9.88 Å². The van der Waals surface area contributed by atoms with Crippen LogP contribution in [-0.4, -0.2) is 29.0 Å². The van der Waals surface area contributed by atoms with E-state index in [2.05, 4.69) is 10.3 Å². The van der Waals surface area contributed by atoms with Crippen molar-refractivity contribution in [1.29, 1.82) is 0 Å². The molecule has 0 spiro atoms. The number of nitrogens with zero attached hydrogens (tertiary/aromatic N) is 2. The molecule has 0 atom stereocenters. The summed E-state index contributed by atoms with van der Waals surface area (Å²) in [5, 5.41) is 2.48. The highest BCUT2D eigenvalue weighted by molar-refractivity contribution is 5.89. The first kappa shape index (κ1) is 11.4. The molecule has 5 heteroatoms. The number of amides is 2. The standard InChI is InChI=1S/C10H14FN3O/c1-3-14(4-2)10(15)13-9-5-6-12-7-8(9)11/h5-7H,3-4H2,1-2H3,(H,12,13,15). The van der Waals surface area contributed by atoms with Crippen LogP contribution in [0.4, 0.5) is 14.9 Å². The fourth-order valence-corrected chi connectivity index (χ4v) is 1.18. The molecular weight excluding hydrogens is 197 g/mol. The highest BCUT2D eigenvalue weighted by Crippen LogP contribution is 2.11. The van der Waals surface area contributed by atoms with Gasteiger partial charge in [-0.25, -0.2) is 9.18 Å². The summed E-state index contributed by atoms with van der Waals surface area (Å²) >= 11 is 0. The van der Waals surface area contributed by atoms with E-state index in [1.807, 2.05) is 13.8 Å². The molecule has 82 valence electrons. The topological polar surface area (TPSA) is 45.2 Å². The fraction of sp³-hybridized carbons (Fsp3) is 0.400. The van der Waals surface area contributed by atoms with E-state index >= 15 is 0 Å². The maximum atomic E-state index is 13.1. The van der Waals surface area contributed by atoms with Crippen molar-refractivity contribution in [3.63, 3.8) is 0 Å². The summed E-state index contributed by atoms with van der Waals surface area (Å²) in [5.41, 5.74) is 0.155. The molecule has 0 radical (unpaired) electrons. The smallest absolute Gasteiger partial charge is 0.321 e. The van der Waals surface area contributed by atoms with Gasteiger partial charge in [0.1, 0.15) is 0 Å². The van der Waals surface area contributed by atoms with Crippen LogP contribution in [0.3, 0.4) is 0 Å². The van der Waals surface area contributed by atoms with Crippen LogP contribution in [0, 0.1) is 5.82 Å². The minimum Gasteiger partial charge on any atom is -0.325 e. The van der Waals surface area contributed by atoms with Gasteiger partial charge in [0.2, 0.25) is 0 Å². The predicted molar refractivity (Wildman–Crippen MR) is 56.1 cm³/mol. The Bertz CT molecular complexity index is 339. The number of anilines is 1. The molecule has 1 N–H and O–H groups in total. The average Bonchev–Trinajstić information content (AvgIpc) is 2.23. The molecule has 0 bridgehead atoms. The zero-order valence-electron chi connectivity index (χ0n) is 8.83. The van der Waals surface area contributed by atoms with Crippen molar-refractivity contribution in [2.75, 3.05) is 18.4 Å². The van der Waals surface area contributed by atoms with E-state index in [0.29, 0.717) is 13.1 Å². The minimum atomic E-state index is -0.530. The van der Waals surface area contributed by atoms with Crippen LogP contribution in [0.25, 0.3) is 0 Å². The second-order valence-electron chi connectivity index (χ2n) is 2.96. The van der Waals surface area contributed by atoms with Gasteiger partial charge in [-0.05, 0) is 19.9 Å². The molecule has 0 aliphatic heterocycles. The van der Waals surface area contributed by atoms with E-state index in [0.717, 1.165) is 6.20 Å². The van der Waals surface area contributed by atoms with Crippen LogP contribution in [0.1, 0.15) is 13.8 Å². The summed E-state index contributed by atoms with van der Waals surface area (Å²) in [6.45, 7) is 4.92. The number of nitrogens with one attached hydrogen (secondary N) is 1. The average molecular weight is 211 g/mol. The minimum absolute atomic E-state index is 0.155. The van der Waals surface area contributed by atoms with Gasteiger partial charge in [-0.1, -0.05) is 0 Å². The Balaban J connectivity index is 2.70. The molecule has 0 fully saturated rings. The zero-order valence-corrected chi connectivity index (χ0v) is 8.83. The number of halogens is 1. The van der Waals surface area contributed by atoms with E-state index in [1.54, 1.807) is 4.90 Å². The Labute approximate surface area is 88.1 Å². The molecule has 0 saturated heterocycles. The van der Waals surface area contributed by atoms with E-state index in [4.69, 9.17) is 0 Å². The lowest BCUT2D eigenvalue weighted by Crippen LogP contribution is -2.34. The molecule has 0 saturated carbocycles. The predicted octanol–water partition coefficient (Wildman–Crippen LogP) is 2.09. The summed E-state index contributed by atoms with van der Waals surface area (Å²) in [7, 11) is 0. The summed E-state index contributed by atoms with van der Waals surface area (Å²) in [5.74, 6) is -0.530. The van der Waals surface area contributed by atoms with Crippen molar-refractivity contribution in [2.45, 2.75) is 13.8 Å². The number of carbonyl (C=O) groups excluding carboxylic acids is 1. The summed E-state index contributed by atoms with van der Waals surface area (Å²) < 4.78 is 13.1. The summed E-state index contributed by atoms with van der Waals surface area (Å²) in [4.78, 5) is 16.7. The van der Waals surface area contributed by atoms with Crippen LogP contribution in [-0.2, 0) is 0 Å². The first-order valence-corrected chi connectivity index (χ1v) is 4.84. The van der Waals surface area contributed by atoms with Crippen LogP contribution in [0.5, 0.6) is 0 Å². The number of pyridine rings is 1. The Morgan fingerprint density at radius 3 is 2.73 bits per heavy atom. The first-order valence-electron chi connectivity index (χ1n) is 4.84. The Kier molecular flexibility index (Phi) is 4.03. The normalized spacial score (nSPS) is 9.80. The number of urea groups is 1. The number of rotatable bonds is 3. The third kappa shape index (κ3) is 2.90. The molecule has 15 heavy (non-hydrogen) atoms. The molecule has 1 rings (SSSR count). The van der Waals surface area contributed by atoms with Crippen LogP contribution in [0.15, 0.2) is 18.5 Å². The van der Waals surface area contributed by atoms with Gasteiger partial charge in [0.15, 0.2) is 5.82 Å². The molecule has 1 heterocycles. The van der Waals surface area contributed by atoms with E-state index in [-0.39, 0.29) is 11.7 Å². The molecule has 0 aliphatic rings. The number of hydrogen-bond donors (Lipinski definition) is 1. The molecule has 4 nitrogen and oxygen atoms in total. The lowest BCUT2D eigenvalue weighted by Gasteiger charge is -2.19. The Morgan fingerprint density at radius 2 is 2.20 bits per heavy atom. The van der Waals surface area contributed by atoms with Crippen molar-refractivity contribution < 1.29 is 9.18 Å². The summed E-state index contributed by atoms with van der Waals surface area (Å²) in [6.07, 6.45) is 2.50. The number of carbonyl (C=O) groups is 1. The first-order chi connectivity index (χ1) is 7.19. The van der Waals surface area contributed by atoms with Gasteiger partial charge in [-0.15, -0.1) is 0 Å². The number of aromatic nitrogens is 1. The monoisotopic (exact) mass is 211 g/mol. The summed E-state index contributed by atoms with van der Waals surface area (Å²) in [6, 6.07) is 1.13. The van der Waals surface area contributed by atoms with Crippen LogP contribution >= 0.6 is 0 Å². The highest BCUT2D eigenvalue weighted by Gasteiger charge is 2.11. The fourth-order valence-electron chi connectivity index (χ4n) is 1.18. The van der Waals surface area contributed by atoms with E-state index < -0.39 is 5.82 Å².